The second kappa shape index (κ2) is 2.92. The third-order valence-electron chi connectivity index (χ3n) is 2.46. The fraction of sp³-hybridized carbons (Fsp3) is 0.400. The van der Waals surface area contributed by atoms with Gasteiger partial charge < -0.3 is 9.52 Å². The van der Waals surface area contributed by atoms with Crippen LogP contribution >= 0.6 is 0 Å². The lowest BCUT2D eigenvalue weighted by atomic mass is 9.85. The van der Waals surface area contributed by atoms with Gasteiger partial charge in [0.1, 0.15) is 5.60 Å². The van der Waals surface area contributed by atoms with Gasteiger partial charge in [-0.3, -0.25) is 0 Å². The Bertz CT molecular complexity index is 343. The van der Waals surface area contributed by atoms with Crippen molar-refractivity contribution in [2.45, 2.75) is 24.4 Å². The molecule has 1 N–H and O–H groups in total. The van der Waals surface area contributed by atoms with Crippen LogP contribution in [0.5, 0.6) is 0 Å². The monoisotopic (exact) mass is 200 g/mol. The molecule has 0 aromatic carbocycles. The molecule has 1 aromatic rings. The number of allylic oxidation sites excluding steroid dienone is 1. The second-order valence-electron chi connectivity index (χ2n) is 3.53. The summed E-state index contributed by atoms with van der Waals surface area (Å²) in [6.45, 7) is 0. The zero-order valence-corrected chi connectivity index (χ0v) is 7.41. The van der Waals surface area contributed by atoms with Crippen molar-refractivity contribution in [1.29, 1.82) is 0 Å². The lowest BCUT2D eigenvalue weighted by molar-refractivity contribution is -0.0139. The Kier molecular flexibility index (Phi) is 1.96. The van der Waals surface area contributed by atoms with Gasteiger partial charge in [0.2, 0.25) is 0 Å². The molecular formula is C10H10F2O2. The summed E-state index contributed by atoms with van der Waals surface area (Å²) in [5.74, 6) is -2.80. The van der Waals surface area contributed by atoms with E-state index in [2.05, 4.69) is 0 Å². The highest BCUT2D eigenvalue weighted by atomic mass is 19.3. The van der Waals surface area contributed by atoms with Crippen LogP contribution in [0.3, 0.4) is 0 Å². The fourth-order valence-electron chi connectivity index (χ4n) is 1.54. The Balaban J connectivity index is 2.29. The summed E-state index contributed by atoms with van der Waals surface area (Å²) < 4.78 is 30.3. The molecule has 1 heterocycles. The Hall–Kier alpha value is -1.16. The van der Waals surface area contributed by atoms with Crippen molar-refractivity contribution in [2.75, 3.05) is 0 Å². The summed E-state index contributed by atoms with van der Waals surface area (Å²) in [7, 11) is 0. The number of halogens is 2. The molecule has 0 fully saturated rings. The van der Waals surface area contributed by atoms with E-state index in [0.717, 1.165) is 12.2 Å². The molecule has 0 aliphatic heterocycles. The number of aliphatic hydroxyl groups is 1. The molecule has 0 radical (unpaired) electrons. The van der Waals surface area contributed by atoms with Gasteiger partial charge >= 0.3 is 0 Å². The number of hydrogen-bond acceptors (Lipinski definition) is 2. The molecule has 14 heavy (non-hydrogen) atoms. The van der Waals surface area contributed by atoms with E-state index < -0.39 is 11.5 Å². The zero-order chi connectivity index (χ0) is 10.2. The lowest BCUT2D eigenvalue weighted by Gasteiger charge is -2.29. The van der Waals surface area contributed by atoms with Crippen molar-refractivity contribution in [3.63, 3.8) is 0 Å². The van der Waals surface area contributed by atoms with Crippen LogP contribution in [-0.4, -0.2) is 11.0 Å². The Morgan fingerprint density at radius 2 is 2.07 bits per heavy atom. The molecule has 1 atom stereocenters. The molecule has 0 saturated carbocycles. The van der Waals surface area contributed by atoms with Crippen molar-refractivity contribution < 1.29 is 18.3 Å². The molecule has 0 amide bonds. The minimum atomic E-state index is -2.80. The summed E-state index contributed by atoms with van der Waals surface area (Å²) in [6.07, 6.45) is 4.34. The van der Waals surface area contributed by atoms with Crippen LogP contribution in [0.1, 0.15) is 18.4 Å². The highest BCUT2D eigenvalue weighted by Crippen LogP contribution is 2.38. The topological polar surface area (TPSA) is 33.4 Å². The van der Waals surface area contributed by atoms with Gasteiger partial charge in [0.25, 0.3) is 5.92 Å². The Morgan fingerprint density at radius 1 is 1.29 bits per heavy atom. The lowest BCUT2D eigenvalue weighted by Crippen LogP contribution is -2.31. The van der Waals surface area contributed by atoms with E-state index in [1.807, 2.05) is 0 Å². The molecule has 0 spiro atoms. The van der Waals surface area contributed by atoms with E-state index in [0.29, 0.717) is 5.56 Å². The molecule has 1 aliphatic carbocycles. The SMILES string of the molecule is OC1(c2ccoc2)C=CC(F)(F)CC1. The van der Waals surface area contributed by atoms with Crippen LogP contribution < -0.4 is 0 Å². The summed E-state index contributed by atoms with van der Waals surface area (Å²) in [4.78, 5) is 0. The van der Waals surface area contributed by atoms with Crippen LogP contribution in [0.2, 0.25) is 0 Å². The summed E-state index contributed by atoms with van der Waals surface area (Å²) in [5, 5.41) is 9.98. The van der Waals surface area contributed by atoms with Gasteiger partial charge in [-0.05, 0) is 24.6 Å². The summed E-state index contributed by atoms with van der Waals surface area (Å²) >= 11 is 0. The first kappa shape index (κ1) is 9.40. The minimum absolute atomic E-state index is 0.00995. The maximum Gasteiger partial charge on any atom is 0.266 e. The van der Waals surface area contributed by atoms with Gasteiger partial charge in [-0.2, -0.15) is 0 Å². The molecule has 4 heteroatoms. The molecule has 2 nitrogen and oxygen atoms in total. The van der Waals surface area contributed by atoms with E-state index in [4.69, 9.17) is 4.42 Å². The first-order valence-electron chi connectivity index (χ1n) is 4.35. The zero-order valence-electron chi connectivity index (χ0n) is 7.41. The Morgan fingerprint density at radius 3 is 2.57 bits per heavy atom. The summed E-state index contributed by atoms with van der Waals surface area (Å²) in [6, 6.07) is 1.58. The average Bonchev–Trinajstić information content (AvgIpc) is 2.64. The molecule has 2 rings (SSSR count). The first-order valence-corrected chi connectivity index (χ1v) is 4.35. The first-order chi connectivity index (χ1) is 6.52. The van der Waals surface area contributed by atoms with Crippen molar-refractivity contribution >= 4 is 0 Å². The number of hydrogen-bond donors (Lipinski definition) is 1. The van der Waals surface area contributed by atoms with Crippen LogP contribution in [0.25, 0.3) is 0 Å². The van der Waals surface area contributed by atoms with Crippen molar-refractivity contribution in [3.05, 3.63) is 36.3 Å². The van der Waals surface area contributed by atoms with E-state index in [1.54, 1.807) is 6.07 Å². The molecule has 76 valence electrons. The van der Waals surface area contributed by atoms with Crippen molar-refractivity contribution in [2.24, 2.45) is 0 Å². The van der Waals surface area contributed by atoms with Gasteiger partial charge in [0.15, 0.2) is 0 Å². The van der Waals surface area contributed by atoms with Crippen LogP contribution in [0.4, 0.5) is 8.78 Å². The van der Waals surface area contributed by atoms with Crippen molar-refractivity contribution in [3.8, 4) is 0 Å². The van der Waals surface area contributed by atoms with Crippen LogP contribution in [0.15, 0.2) is 35.2 Å². The van der Waals surface area contributed by atoms with Gasteiger partial charge in [-0.25, -0.2) is 8.78 Å². The maximum atomic E-state index is 12.8. The molecule has 1 aromatic heterocycles. The fourth-order valence-corrected chi connectivity index (χ4v) is 1.54. The van der Waals surface area contributed by atoms with Crippen molar-refractivity contribution in [1.82, 2.24) is 0 Å². The predicted octanol–water partition coefficient (Wildman–Crippen LogP) is 2.45. The van der Waals surface area contributed by atoms with Gasteiger partial charge in [0.05, 0.1) is 12.5 Å². The minimum Gasteiger partial charge on any atom is -0.472 e. The molecular weight excluding hydrogens is 190 g/mol. The van der Waals surface area contributed by atoms with Crippen LogP contribution in [-0.2, 0) is 5.60 Å². The maximum absolute atomic E-state index is 12.8. The summed E-state index contributed by atoms with van der Waals surface area (Å²) in [5.41, 5.74) is -0.779. The smallest absolute Gasteiger partial charge is 0.266 e. The largest absolute Gasteiger partial charge is 0.472 e. The van der Waals surface area contributed by atoms with E-state index >= 15 is 0 Å². The average molecular weight is 200 g/mol. The second-order valence-corrected chi connectivity index (χ2v) is 3.53. The number of alkyl halides is 2. The molecule has 1 aliphatic rings. The third kappa shape index (κ3) is 1.57. The molecule has 1 unspecified atom stereocenters. The molecule has 0 saturated heterocycles. The normalized spacial score (nSPS) is 30.5. The van der Waals surface area contributed by atoms with Gasteiger partial charge in [-0.1, -0.05) is 0 Å². The molecule has 0 bridgehead atoms. The quantitative estimate of drug-likeness (QED) is 0.706. The Labute approximate surface area is 79.8 Å². The highest BCUT2D eigenvalue weighted by molar-refractivity contribution is 5.26. The highest BCUT2D eigenvalue weighted by Gasteiger charge is 2.38. The van der Waals surface area contributed by atoms with E-state index in [-0.39, 0.29) is 12.8 Å². The van der Waals surface area contributed by atoms with Gasteiger partial charge in [0, 0.05) is 12.0 Å². The standard InChI is InChI=1S/C10H10F2O2/c11-10(12)4-2-9(13,3-5-10)8-1-6-14-7-8/h1-2,4,6-7,13H,3,5H2. The van der Waals surface area contributed by atoms with E-state index in [1.165, 1.54) is 12.5 Å². The number of rotatable bonds is 1. The van der Waals surface area contributed by atoms with Crippen LogP contribution in [0, 0.1) is 0 Å². The number of furan rings is 1. The van der Waals surface area contributed by atoms with E-state index in [9.17, 15) is 13.9 Å². The van der Waals surface area contributed by atoms with Gasteiger partial charge in [-0.15, -0.1) is 0 Å². The predicted molar refractivity (Wildman–Crippen MR) is 45.9 cm³/mol. The third-order valence-corrected chi connectivity index (χ3v) is 2.46.